The van der Waals surface area contributed by atoms with E-state index in [1.807, 2.05) is 0 Å². The molecule has 2 aromatic rings. The van der Waals surface area contributed by atoms with Gasteiger partial charge in [-0.25, -0.2) is 15.0 Å². The zero-order valence-electron chi connectivity index (χ0n) is 15.4. The summed E-state index contributed by atoms with van der Waals surface area (Å²) in [5.41, 5.74) is 6.21. The number of imidazole rings is 1. The van der Waals surface area contributed by atoms with Gasteiger partial charge in [-0.1, -0.05) is 0 Å². The highest BCUT2D eigenvalue weighted by Gasteiger charge is 2.54. The van der Waals surface area contributed by atoms with Crippen LogP contribution in [-0.4, -0.2) is 117 Å². The number of nitrogen functional groups attached to an aromatic ring is 1. The molecule has 0 spiro atoms. The van der Waals surface area contributed by atoms with Crippen molar-refractivity contribution in [1.82, 2.24) is 19.5 Å². The third-order valence-corrected chi connectivity index (χ3v) is 5.54. The van der Waals surface area contributed by atoms with Crippen LogP contribution in [0.15, 0.2) is 12.7 Å². The molecule has 0 amide bonds. The normalized spacial score (nSPS) is 40.7. The standard InChI is InChI=1S/C16H23N5O9/c17-14-5-15(19-2-18-14)21(3-20-5)16-10(27)9(26)13(30-16)11(28)12-8(25)7(24)6(23)4(1-22)29-12/h2-4,6-13,16,22-28H,1H2,(H2,17,18,19)/t4-,6-,7+,8-,9+,10-,11?,12?,13+,16-/m1/s1. The number of anilines is 1. The number of nitrogens with zero attached hydrogens (tertiary/aromatic N) is 4. The number of aromatic nitrogens is 4. The Kier molecular flexibility index (Phi) is 5.60. The molecule has 0 radical (unpaired) electrons. The second-order valence-corrected chi connectivity index (χ2v) is 7.34. The number of aliphatic hydroxyl groups is 7. The Balaban J connectivity index is 1.59. The predicted octanol–water partition coefficient (Wildman–Crippen LogP) is -4.77. The van der Waals surface area contributed by atoms with E-state index in [2.05, 4.69) is 15.0 Å². The van der Waals surface area contributed by atoms with Gasteiger partial charge < -0.3 is 51.0 Å². The topological polar surface area (TPSA) is 230 Å². The van der Waals surface area contributed by atoms with Crippen LogP contribution in [0.3, 0.4) is 0 Å². The van der Waals surface area contributed by atoms with Crippen LogP contribution in [0.2, 0.25) is 0 Å². The predicted molar refractivity (Wildman–Crippen MR) is 95.4 cm³/mol. The lowest BCUT2D eigenvalue weighted by molar-refractivity contribution is -0.262. The summed E-state index contributed by atoms with van der Waals surface area (Å²) in [5.74, 6) is 0.102. The zero-order valence-corrected chi connectivity index (χ0v) is 15.4. The van der Waals surface area contributed by atoms with E-state index in [1.54, 1.807) is 0 Å². The molecule has 2 aromatic heterocycles. The lowest BCUT2D eigenvalue weighted by Gasteiger charge is -2.43. The maximum Gasteiger partial charge on any atom is 0.167 e. The van der Waals surface area contributed by atoms with Gasteiger partial charge in [-0.15, -0.1) is 0 Å². The van der Waals surface area contributed by atoms with Crippen molar-refractivity contribution in [2.24, 2.45) is 0 Å². The molecule has 14 heteroatoms. The van der Waals surface area contributed by atoms with E-state index in [0.717, 1.165) is 0 Å². The minimum atomic E-state index is -1.74. The molecule has 0 saturated carbocycles. The molecule has 30 heavy (non-hydrogen) atoms. The fourth-order valence-corrected chi connectivity index (χ4v) is 3.85. The number of nitrogens with two attached hydrogens (primary N) is 1. The number of fused-ring (bicyclic) bond motifs is 1. The number of aliphatic hydroxyl groups excluding tert-OH is 7. The van der Waals surface area contributed by atoms with E-state index >= 15 is 0 Å². The van der Waals surface area contributed by atoms with Gasteiger partial charge in [0.25, 0.3) is 0 Å². The number of hydrogen-bond acceptors (Lipinski definition) is 13. The van der Waals surface area contributed by atoms with Crippen molar-refractivity contribution in [3.8, 4) is 0 Å². The van der Waals surface area contributed by atoms with Gasteiger partial charge in [-0.05, 0) is 0 Å². The summed E-state index contributed by atoms with van der Waals surface area (Å²) in [6.07, 6.45) is -12.9. The molecule has 0 aromatic carbocycles. The van der Waals surface area contributed by atoms with E-state index in [-0.39, 0.29) is 17.0 Å². The summed E-state index contributed by atoms with van der Waals surface area (Å²) in [6.45, 7) is -0.685. The molecule has 2 saturated heterocycles. The zero-order chi connectivity index (χ0) is 21.7. The van der Waals surface area contributed by atoms with Crippen LogP contribution in [0, 0.1) is 0 Å². The molecule has 4 rings (SSSR count). The average Bonchev–Trinajstić information content (AvgIpc) is 3.28. The van der Waals surface area contributed by atoms with Crippen molar-refractivity contribution in [3.05, 3.63) is 12.7 Å². The van der Waals surface area contributed by atoms with Crippen LogP contribution in [0.1, 0.15) is 6.23 Å². The molecule has 0 aliphatic carbocycles. The summed E-state index contributed by atoms with van der Waals surface area (Å²) < 4.78 is 12.3. The maximum atomic E-state index is 10.7. The van der Waals surface area contributed by atoms with Crippen LogP contribution in [-0.2, 0) is 9.47 Å². The summed E-state index contributed by atoms with van der Waals surface area (Å²) in [5, 5.41) is 71.0. The number of ether oxygens (including phenoxy) is 2. The lowest BCUT2D eigenvalue weighted by Crippen LogP contribution is -2.63. The number of hydrogen-bond donors (Lipinski definition) is 8. The molecule has 2 unspecified atom stereocenters. The first-order valence-electron chi connectivity index (χ1n) is 9.19. The SMILES string of the molecule is Nc1ncnc2c1ncn2[C@@H]1O[C@H](C(O)C2O[C@H](CO)[C@@H](O)[C@H](O)[C@H]2O)[C@@H](O)[C@H]1O. The minimum absolute atomic E-state index is 0.102. The summed E-state index contributed by atoms with van der Waals surface area (Å²) in [7, 11) is 0. The first-order chi connectivity index (χ1) is 14.3. The molecule has 4 heterocycles. The van der Waals surface area contributed by atoms with Gasteiger partial charge in [0.1, 0.15) is 66.8 Å². The number of rotatable bonds is 4. The van der Waals surface area contributed by atoms with Crippen LogP contribution >= 0.6 is 0 Å². The minimum Gasteiger partial charge on any atom is -0.394 e. The second-order valence-electron chi connectivity index (χ2n) is 7.34. The van der Waals surface area contributed by atoms with Gasteiger partial charge in [-0.2, -0.15) is 0 Å². The van der Waals surface area contributed by atoms with E-state index in [4.69, 9.17) is 15.2 Å². The molecule has 2 aliphatic heterocycles. The monoisotopic (exact) mass is 429 g/mol. The van der Waals surface area contributed by atoms with Crippen molar-refractivity contribution >= 4 is 17.0 Å². The summed E-state index contributed by atoms with van der Waals surface area (Å²) >= 11 is 0. The first kappa shape index (κ1) is 21.2. The quantitative estimate of drug-likeness (QED) is 0.228. The van der Waals surface area contributed by atoms with Gasteiger partial charge in [0.05, 0.1) is 12.9 Å². The molecule has 14 nitrogen and oxygen atoms in total. The van der Waals surface area contributed by atoms with E-state index in [0.29, 0.717) is 0 Å². The van der Waals surface area contributed by atoms with Crippen molar-refractivity contribution in [1.29, 1.82) is 0 Å². The van der Waals surface area contributed by atoms with Crippen LogP contribution < -0.4 is 5.73 Å². The molecular weight excluding hydrogens is 406 g/mol. The molecule has 0 bridgehead atoms. The third-order valence-electron chi connectivity index (χ3n) is 5.54. The maximum absolute atomic E-state index is 10.7. The van der Waals surface area contributed by atoms with Crippen LogP contribution in [0.4, 0.5) is 5.82 Å². The Morgan fingerprint density at radius 1 is 0.933 bits per heavy atom. The molecule has 166 valence electrons. The Labute approximate surface area is 168 Å². The molecule has 2 fully saturated rings. The Hall–Kier alpha value is -2.01. The van der Waals surface area contributed by atoms with Gasteiger partial charge in [0.15, 0.2) is 17.7 Å². The second kappa shape index (κ2) is 7.92. The summed E-state index contributed by atoms with van der Waals surface area (Å²) in [4.78, 5) is 11.9. The highest BCUT2D eigenvalue weighted by atomic mass is 16.6. The van der Waals surface area contributed by atoms with Gasteiger partial charge >= 0.3 is 0 Å². The van der Waals surface area contributed by atoms with E-state index in [1.165, 1.54) is 17.2 Å². The van der Waals surface area contributed by atoms with Gasteiger partial charge in [0.2, 0.25) is 0 Å². The molecule has 2 aliphatic rings. The van der Waals surface area contributed by atoms with Gasteiger partial charge in [-0.3, -0.25) is 4.57 Å². The largest absolute Gasteiger partial charge is 0.394 e. The van der Waals surface area contributed by atoms with Crippen molar-refractivity contribution in [3.63, 3.8) is 0 Å². The van der Waals surface area contributed by atoms with Crippen molar-refractivity contribution in [2.45, 2.75) is 61.2 Å². The lowest BCUT2D eigenvalue weighted by atomic mass is 9.89. The van der Waals surface area contributed by atoms with E-state index in [9.17, 15) is 35.7 Å². The Morgan fingerprint density at radius 3 is 2.30 bits per heavy atom. The van der Waals surface area contributed by atoms with E-state index < -0.39 is 67.8 Å². The van der Waals surface area contributed by atoms with Gasteiger partial charge in [0, 0.05) is 0 Å². The fraction of sp³-hybridized carbons (Fsp3) is 0.688. The highest BCUT2D eigenvalue weighted by molar-refractivity contribution is 5.81. The van der Waals surface area contributed by atoms with Crippen molar-refractivity contribution in [2.75, 3.05) is 12.3 Å². The first-order valence-corrected chi connectivity index (χ1v) is 9.19. The third kappa shape index (κ3) is 3.22. The molecule has 9 N–H and O–H groups in total. The summed E-state index contributed by atoms with van der Waals surface area (Å²) in [6, 6.07) is 0. The van der Waals surface area contributed by atoms with Crippen LogP contribution in [0.5, 0.6) is 0 Å². The Morgan fingerprint density at radius 2 is 1.60 bits per heavy atom. The molecule has 10 atom stereocenters. The highest BCUT2D eigenvalue weighted by Crippen LogP contribution is 2.36. The average molecular weight is 429 g/mol. The smallest absolute Gasteiger partial charge is 0.167 e. The van der Waals surface area contributed by atoms with Crippen LogP contribution in [0.25, 0.3) is 11.2 Å². The fourth-order valence-electron chi connectivity index (χ4n) is 3.85. The Bertz CT molecular complexity index is 897. The van der Waals surface area contributed by atoms with Crippen molar-refractivity contribution < 1.29 is 45.2 Å². The molecular formula is C16H23N5O9.